The Balaban J connectivity index is 1.89. The van der Waals surface area contributed by atoms with E-state index in [4.69, 9.17) is 9.47 Å². The number of benzene rings is 2. The number of hydrogen-bond donors (Lipinski definition) is 0. The molecule has 2 aromatic carbocycles. The molecule has 1 heterocycles. The first-order chi connectivity index (χ1) is 13.0. The number of hydrogen-bond acceptors (Lipinski definition) is 6. The third-order valence-electron chi connectivity index (χ3n) is 4.36. The summed E-state index contributed by atoms with van der Waals surface area (Å²) in [4.78, 5) is 24.6. The Hall–Kier alpha value is -3.00. The lowest BCUT2D eigenvalue weighted by molar-refractivity contribution is -0.385. The van der Waals surface area contributed by atoms with E-state index in [0.717, 1.165) is 0 Å². The van der Waals surface area contributed by atoms with Gasteiger partial charge in [0.25, 0.3) is 5.69 Å². The van der Waals surface area contributed by atoms with Crippen LogP contribution in [0.3, 0.4) is 0 Å². The summed E-state index contributed by atoms with van der Waals surface area (Å²) in [6.45, 7) is 3.00. The molecule has 0 bridgehead atoms. The third-order valence-corrected chi connectivity index (χ3v) is 4.36. The van der Waals surface area contributed by atoms with E-state index in [-0.39, 0.29) is 23.7 Å². The fraction of sp³-hybridized carbons (Fsp3) is 0.316. The number of esters is 1. The van der Waals surface area contributed by atoms with Crippen molar-refractivity contribution in [3.05, 3.63) is 69.5 Å². The molecular weight excluding hydrogens is 355 g/mol. The van der Waals surface area contributed by atoms with E-state index < -0.39 is 17.0 Å². The number of rotatable bonds is 5. The molecule has 142 valence electrons. The van der Waals surface area contributed by atoms with Crippen LogP contribution in [0.5, 0.6) is 0 Å². The third kappa shape index (κ3) is 4.06. The lowest BCUT2D eigenvalue weighted by Gasteiger charge is -2.35. The first kappa shape index (κ1) is 18.8. The summed E-state index contributed by atoms with van der Waals surface area (Å²) in [6.07, 6.45) is -0.471. The van der Waals surface area contributed by atoms with Crippen molar-refractivity contribution in [3.63, 3.8) is 0 Å². The fourth-order valence-corrected chi connectivity index (χ4v) is 3.06. The standard InChI is InChI=1S/C19H19FN2O5/c1-2-26-19(23)15-11-13(7-8-17(15)22(24)25)21-9-10-27-18(12-21)14-5-3-4-6-16(14)20/h3-8,11,18H,2,9-10,12H2,1H3. The highest BCUT2D eigenvalue weighted by Crippen LogP contribution is 2.30. The van der Waals surface area contributed by atoms with Crippen molar-refractivity contribution in [1.29, 1.82) is 0 Å². The van der Waals surface area contributed by atoms with E-state index in [1.807, 2.05) is 4.90 Å². The summed E-state index contributed by atoms with van der Waals surface area (Å²) in [5, 5.41) is 11.2. The quantitative estimate of drug-likeness (QED) is 0.453. The zero-order valence-electron chi connectivity index (χ0n) is 14.8. The molecule has 1 aliphatic heterocycles. The second kappa shape index (κ2) is 8.13. The van der Waals surface area contributed by atoms with E-state index in [2.05, 4.69) is 0 Å². The van der Waals surface area contributed by atoms with Gasteiger partial charge in [-0.2, -0.15) is 0 Å². The maximum atomic E-state index is 14.1. The number of halogens is 1. The van der Waals surface area contributed by atoms with Gasteiger partial charge in [-0.1, -0.05) is 18.2 Å². The molecule has 3 rings (SSSR count). The van der Waals surface area contributed by atoms with Gasteiger partial charge in [0, 0.05) is 30.4 Å². The van der Waals surface area contributed by atoms with Crippen LogP contribution in [0.15, 0.2) is 42.5 Å². The number of morpholine rings is 1. The summed E-state index contributed by atoms with van der Waals surface area (Å²) >= 11 is 0. The maximum Gasteiger partial charge on any atom is 0.345 e. The Morgan fingerprint density at radius 2 is 2.15 bits per heavy atom. The molecule has 0 N–H and O–H groups in total. The molecular formula is C19H19FN2O5. The second-order valence-electron chi connectivity index (χ2n) is 6.01. The minimum atomic E-state index is -0.745. The molecule has 0 spiro atoms. The van der Waals surface area contributed by atoms with Gasteiger partial charge in [-0.3, -0.25) is 10.1 Å². The van der Waals surface area contributed by atoms with Gasteiger partial charge in [0.15, 0.2) is 0 Å². The van der Waals surface area contributed by atoms with Crippen molar-refractivity contribution in [3.8, 4) is 0 Å². The van der Waals surface area contributed by atoms with E-state index in [1.165, 1.54) is 18.2 Å². The molecule has 0 saturated carbocycles. The van der Waals surface area contributed by atoms with Crippen LogP contribution in [-0.2, 0) is 9.47 Å². The lowest BCUT2D eigenvalue weighted by atomic mass is 10.1. The van der Waals surface area contributed by atoms with Crippen molar-refractivity contribution < 1.29 is 23.6 Å². The average Bonchev–Trinajstić information content (AvgIpc) is 2.68. The van der Waals surface area contributed by atoms with Gasteiger partial charge in [-0.15, -0.1) is 0 Å². The van der Waals surface area contributed by atoms with Gasteiger partial charge in [0.2, 0.25) is 0 Å². The minimum absolute atomic E-state index is 0.103. The van der Waals surface area contributed by atoms with E-state index in [0.29, 0.717) is 30.9 Å². The molecule has 1 saturated heterocycles. The summed E-state index contributed by atoms with van der Waals surface area (Å²) < 4.78 is 24.7. The molecule has 7 nitrogen and oxygen atoms in total. The van der Waals surface area contributed by atoms with Crippen LogP contribution >= 0.6 is 0 Å². The van der Waals surface area contributed by atoms with E-state index in [9.17, 15) is 19.3 Å². The van der Waals surface area contributed by atoms with Crippen LogP contribution in [0, 0.1) is 15.9 Å². The van der Waals surface area contributed by atoms with Crippen LogP contribution in [0.1, 0.15) is 28.9 Å². The second-order valence-corrected chi connectivity index (χ2v) is 6.01. The van der Waals surface area contributed by atoms with Gasteiger partial charge in [0.05, 0.1) is 18.1 Å². The first-order valence-electron chi connectivity index (χ1n) is 8.57. The number of anilines is 1. The van der Waals surface area contributed by atoms with Gasteiger partial charge in [-0.25, -0.2) is 9.18 Å². The van der Waals surface area contributed by atoms with Crippen LogP contribution in [0.4, 0.5) is 15.8 Å². The SMILES string of the molecule is CCOC(=O)c1cc(N2CCOC(c3ccccc3F)C2)ccc1[N+](=O)[O-]. The molecule has 1 atom stereocenters. The monoisotopic (exact) mass is 374 g/mol. The lowest BCUT2D eigenvalue weighted by Crippen LogP contribution is -2.38. The zero-order chi connectivity index (χ0) is 19.4. The van der Waals surface area contributed by atoms with Crippen LogP contribution in [-0.4, -0.2) is 37.2 Å². The topological polar surface area (TPSA) is 81.9 Å². The molecule has 1 fully saturated rings. The molecule has 2 aromatic rings. The number of ether oxygens (including phenoxy) is 2. The largest absolute Gasteiger partial charge is 0.462 e. The molecule has 1 unspecified atom stereocenters. The Morgan fingerprint density at radius 3 is 2.85 bits per heavy atom. The van der Waals surface area contributed by atoms with Crippen LogP contribution < -0.4 is 4.90 Å². The van der Waals surface area contributed by atoms with Gasteiger partial charge < -0.3 is 14.4 Å². The molecule has 0 amide bonds. The Morgan fingerprint density at radius 1 is 1.37 bits per heavy atom. The summed E-state index contributed by atoms with van der Waals surface area (Å²) in [7, 11) is 0. The van der Waals surface area contributed by atoms with Crippen molar-refractivity contribution in [2.75, 3.05) is 31.2 Å². The molecule has 8 heteroatoms. The van der Waals surface area contributed by atoms with Gasteiger partial charge in [-0.05, 0) is 25.1 Å². The Bertz CT molecular complexity index is 858. The van der Waals surface area contributed by atoms with Crippen LogP contribution in [0.25, 0.3) is 0 Å². The molecule has 0 radical (unpaired) electrons. The number of carbonyl (C=O) groups is 1. The summed E-state index contributed by atoms with van der Waals surface area (Å²) in [5.41, 5.74) is 0.660. The van der Waals surface area contributed by atoms with E-state index >= 15 is 0 Å². The first-order valence-corrected chi connectivity index (χ1v) is 8.57. The Labute approximate surface area is 155 Å². The fourth-order valence-electron chi connectivity index (χ4n) is 3.06. The highest BCUT2D eigenvalue weighted by Gasteiger charge is 2.27. The predicted molar refractivity (Wildman–Crippen MR) is 96.4 cm³/mol. The molecule has 0 aromatic heterocycles. The maximum absolute atomic E-state index is 14.1. The van der Waals surface area contributed by atoms with Crippen molar-refractivity contribution >= 4 is 17.3 Å². The molecule has 0 aliphatic carbocycles. The smallest absolute Gasteiger partial charge is 0.345 e. The van der Waals surface area contributed by atoms with Crippen molar-refractivity contribution in [2.45, 2.75) is 13.0 Å². The minimum Gasteiger partial charge on any atom is -0.462 e. The average molecular weight is 374 g/mol. The normalized spacial score (nSPS) is 16.8. The molecule has 27 heavy (non-hydrogen) atoms. The zero-order valence-corrected chi connectivity index (χ0v) is 14.8. The van der Waals surface area contributed by atoms with E-state index in [1.54, 1.807) is 31.2 Å². The summed E-state index contributed by atoms with van der Waals surface area (Å²) in [5.74, 6) is -1.09. The Kier molecular flexibility index (Phi) is 5.66. The van der Waals surface area contributed by atoms with Gasteiger partial charge >= 0.3 is 5.97 Å². The highest BCUT2D eigenvalue weighted by atomic mass is 19.1. The number of carbonyl (C=O) groups excluding carboxylic acids is 1. The van der Waals surface area contributed by atoms with Crippen LogP contribution in [0.2, 0.25) is 0 Å². The number of nitro groups is 1. The van der Waals surface area contributed by atoms with Crippen molar-refractivity contribution in [2.24, 2.45) is 0 Å². The summed E-state index contributed by atoms with van der Waals surface area (Å²) in [6, 6.07) is 10.7. The number of nitro benzene ring substituents is 1. The van der Waals surface area contributed by atoms with Crippen molar-refractivity contribution in [1.82, 2.24) is 0 Å². The number of nitrogens with zero attached hydrogens (tertiary/aromatic N) is 2. The highest BCUT2D eigenvalue weighted by molar-refractivity contribution is 5.95. The predicted octanol–water partition coefficient (Wildman–Crippen LogP) is 3.49. The molecule has 1 aliphatic rings. The van der Waals surface area contributed by atoms with Gasteiger partial charge in [0.1, 0.15) is 17.5 Å².